The van der Waals surface area contributed by atoms with E-state index in [9.17, 15) is 61.8 Å². The summed E-state index contributed by atoms with van der Waals surface area (Å²) in [5.74, 6) is -2.31. The fourth-order valence-corrected chi connectivity index (χ4v) is 6.01. The zero-order chi connectivity index (χ0) is 27.2. The minimum absolute atomic E-state index is 0. The number of aromatic nitrogens is 1. The molecule has 1 aromatic heterocycles. The van der Waals surface area contributed by atoms with Crippen molar-refractivity contribution in [3.63, 3.8) is 0 Å². The quantitative estimate of drug-likeness (QED) is 0.131. The molecular formula is C16H10K4N2O14S4. The monoisotopic (exact) mass is 738 g/mol. The molecule has 3 aromatic rings. The summed E-state index contributed by atoms with van der Waals surface area (Å²) in [7, 11) is -20.6. The van der Waals surface area contributed by atoms with Crippen LogP contribution < -0.4 is 0 Å². The van der Waals surface area contributed by atoms with Crippen LogP contribution in [-0.2, 0) is 40.5 Å². The Morgan fingerprint density at radius 2 is 1.10 bits per heavy atom. The molecule has 0 atom stereocenters. The van der Waals surface area contributed by atoms with Crippen molar-refractivity contribution in [2.24, 2.45) is 4.99 Å². The Hall–Kier alpha value is 3.31. The molecule has 0 saturated carbocycles. The average molecular weight is 739 g/mol. The van der Waals surface area contributed by atoms with Gasteiger partial charge in [-0.1, -0.05) is 0 Å². The van der Waals surface area contributed by atoms with E-state index in [-0.39, 0.29) is 206 Å². The molecule has 4 radical (unpaired) electrons. The molecule has 0 fully saturated rings. The number of aliphatic imine (C=N–C) groups is 1. The first-order valence-corrected chi connectivity index (χ1v) is 14.6. The van der Waals surface area contributed by atoms with Gasteiger partial charge in [0.25, 0.3) is 40.5 Å². The molecule has 196 valence electrons. The van der Waals surface area contributed by atoms with Gasteiger partial charge in [0.15, 0.2) is 5.75 Å². The fraction of sp³-hybridized carbons (Fsp3) is 0. The number of fused-ring (bicyclic) bond motifs is 2. The van der Waals surface area contributed by atoms with Crippen LogP contribution in [0, 0.1) is 0 Å². The number of aromatic hydroxyl groups is 1. The third-order valence-corrected chi connectivity index (χ3v) is 8.35. The normalized spacial score (nSPS) is 13.3. The fourth-order valence-electron chi connectivity index (χ4n) is 3.42. The molecule has 2 heterocycles. The number of aromatic amines is 1. The van der Waals surface area contributed by atoms with Gasteiger partial charge in [-0.15, -0.1) is 0 Å². The van der Waals surface area contributed by atoms with E-state index in [2.05, 4.69) is 9.98 Å². The van der Waals surface area contributed by atoms with Crippen LogP contribution in [0.4, 0.5) is 5.69 Å². The van der Waals surface area contributed by atoms with Gasteiger partial charge in [0.05, 0.1) is 26.6 Å². The number of rotatable bonds is 5. The maximum absolute atomic E-state index is 13.0. The van der Waals surface area contributed by atoms with Crippen LogP contribution in [-0.4, -0.2) is 279 Å². The minimum atomic E-state index is -5.24. The Balaban J connectivity index is 0.00000380. The number of carbonyl (C=O) groups excluding carboxylic acids is 1. The largest absolute Gasteiger partial charge is 0.505 e. The molecule has 16 nitrogen and oxygen atoms in total. The first kappa shape index (κ1) is 43.3. The number of H-pyrrole nitrogens is 1. The Labute approximate surface area is 396 Å². The van der Waals surface area contributed by atoms with Gasteiger partial charge < -0.3 is 10.1 Å². The van der Waals surface area contributed by atoms with Gasteiger partial charge in [0, 0.05) is 211 Å². The van der Waals surface area contributed by atoms with Crippen LogP contribution in [0.5, 0.6) is 5.75 Å². The Kier molecular flexibility index (Phi) is 16.3. The molecule has 0 aliphatic carbocycles. The molecule has 6 N–H and O–H groups in total. The SMILES string of the molecule is O=C1C(c2[nH]c3c(S(=O)(=O)O)cc(S(=O)(=O)O)cc3c2O)=Nc2c1cc(S(=O)(=O)O)cc2S(=O)(=O)O.[K].[K].[K].[K]. The zero-order valence-electron chi connectivity index (χ0n) is 20.8. The molecule has 4 rings (SSSR count). The van der Waals surface area contributed by atoms with E-state index in [0.29, 0.717) is 24.3 Å². The predicted octanol–water partition coefficient (Wildman–Crippen LogP) is -1.35. The van der Waals surface area contributed by atoms with Crippen LogP contribution >= 0.6 is 0 Å². The number of hydrogen-bond acceptors (Lipinski definition) is 11. The minimum Gasteiger partial charge on any atom is -0.505 e. The summed E-state index contributed by atoms with van der Waals surface area (Å²) < 4.78 is 131. The van der Waals surface area contributed by atoms with Gasteiger partial charge >= 0.3 is 0 Å². The van der Waals surface area contributed by atoms with Crippen LogP contribution in [0.2, 0.25) is 0 Å². The van der Waals surface area contributed by atoms with E-state index in [0.717, 1.165) is 0 Å². The molecule has 0 spiro atoms. The predicted molar refractivity (Wildman–Crippen MR) is 139 cm³/mol. The van der Waals surface area contributed by atoms with E-state index in [1.807, 2.05) is 0 Å². The second-order valence-corrected chi connectivity index (χ2v) is 12.8. The Morgan fingerprint density at radius 3 is 1.55 bits per heavy atom. The van der Waals surface area contributed by atoms with Crippen molar-refractivity contribution in [3.05, 3.63) is 35.5 Å². The summed E-state index contributed by atoms with van der Waals surface area (Å²) in [6.45, 7) is 0. The number of nitrogens with one attached hydrogen (secondary N) is 1. The number of ketones is 1. The topological polar surface area (TPSA) is 283 Å². The summed E-state index contributed by atoms with van der Waals surface area (Å²) in [4.78, 5) is 14.4. The third kappa shape index (κ3) is 8.80. The van der Waals surface area contributed by atoms with Crippen molar-refractivity contribution >= 4 is 274 Å². The summed E-state index contributed by atoms with van der Waals surface area (Å²) in [5, 5.41) is 9.97. The van der Waals surface area contributed by atoms with E-state index in [4.69, 9.17) is 0 Å². The maximum Gasteiger partial charge on any atom is 0.296 e. The number of nitrogens with zero attached hydrogens (tertiary/aromatic N) is 1. The van der Waals surface area contributed by atoms with Gasteiger partial charge in [0.2, 0.25) is 5.78 Å². The second-order valence-electron chi connectivity index (χ2n) is 7.20. The first-order valence-electron chi connectivity index (χ1n) is 8.81. The Bertz CT molecular complexity index is 2020. The Morgan fingerprint density at radius 1 is 0.650 bits per heavy atom. The van der Waals surface area contributed by atoms with Gasteiger partial charge in [-0.25, -0.2) is 4.99 Å². The van der Waals surface area contributed by atoms with Gasteiger partial charge in [-0.2, -0.15) is 33.7 Å². The number of hydrogen-bond donors (Lipinski definition) is 6. The van der Waals surface area contributed by atoms with Crippen molar-refractivity contribution in [2.45, 2.75) is 19.6 Å². The molecule has 40 heavy (non-hydrogen) atoms. The van der Waals surface area contributed by atoms with Gasteiger partial charge in [-0.3, -0.25) is 23.0 Å². The summed E-state index contributed by atoms with van der Waals surface area (Å²) in [5.41, 5.74) is -3.81. The van der Waals surface area contributed by atoms with Crippen LogP contribution in [0.3, 0.4) is 0 Å². The maximum atomic E-state index is 13.0. The van der Waals surface area contributed by atoms with Crippen LogP contribution in [0.1, 0.15) is 16.1 Å². The standard InChI is InChI=1S/C16H10N2O14S4.4K/c19-15-7-1-5(33(21,22)23)3-9(35(27,28)29)11(7)17-13(15)14-16(20)8-2-6(34(24,25)26)4-10(12(8)18-14)36(30,31)32;;;;/h1-4,17,19H,(H,21,22,23)(H,24,25,26)(H,27,28,29)(H,30,31,32);;;;. The van der Waals surface area contributed by atoms with Gasteiger partial charge in [-0.05, 0) is 24.3 Å². The van der Waals surface area contributed by atoms with E-state index >= 15 is 0 Å². The molecule has 1 aliphatic rings. The summed E-state index contributed by atoms with van der Waals surface area (Å²) >= 11 is 0. The molecule has 0 saturated heterocycles. The van der Waals surface area contributed by atoms with Crippen LogP contribution in [0.25, 0.3) is 10.9 Å². The molecule has 0 unspecified atom stereocenters. The molecule has 2 aromatic carbocycles. The summed E-state index contributed by atoms with van der Waals surface area (Å²) in [6.07, 6.45) is 0. The molecule has 0 bridgehead atoms. The van der Waals surface area contributed by atoms with E-state index < -0.39 is 105 Å². The van der Waals surface area contributed by atoms with Crippen LogP contribution in [0.15, 0.2) is 48.8 Å². The first-order chi connectivity index (χ1) is 16.2. The van der Waals surface area contributed by atoms with Gasteiger partial charge in [0.1, 0.15) is 21.2 Å². The second kappa shape index (κ2) is 15.0. The van der Waals surface area contributed by atoms with Crippen molar-refractivity contribution in [3.8, 4) is 5.75 Å². The molecule has 1 aliphatic heterocycles. The van der Waals surface area contributed by atoms with E-state index in [1.54, 1.807) is 0 Å². The molecule has 24 heteroatoms. The number of carbonyl (C=O) groups is 1. The van der Waals surface area contributed by atoms with Crippen molar-refractivity contribution < 1.29 is 61.8 Å². The third-order valence-electron chi connectivity index (χ3n) is 4.94. The smallest absolute Gasteiger partial charge is 0.296 e. The van der Waals surface area contributed by atoms with Crippen molar-refractivity contribution in [2.75, 3.05) is 0 Å². The number of Topliss-reactive ketones (excluding diaryl/α,β-unsaturated/α-hetero) is 1. The van der Waals surface area contributed by atoms with Crippen molar-refractivity contribution in [1.82, 2.24) is 4.98 Å². The van der Waals surface area contributed by atoms with Crippen molar-refractivity contribution in [1.29, 1.82) is 0 Å². The summed E-state index contributed by atoms with van der Waals surface area (Å²) in [6, 6.07) is 1.76. The molecular weight excluding hydrogens is 729 g/mol. The van der Waals surface area contributed by atoms with E-state index in [1.165, 1.54) is 0 Å². The number of benzene rings is 2. The zero-order valence-corrected chi connectivity index (χ0v) is 36.6. The molecule has 0 amide bonds. The average Bonchev–Trinajstić information content (AvgIpc) is 3.21.